The van der Waals surface area contributed by atoms with E-state index in [2.05, 4.69) is 4.98 Å². The van der Waals surface area contributed by atoms with Gasteiger partial charge in [0.1, 0.15) is 5.52 Å². The number of aromatic nitrogens is 3. The second kappa shape index (κ2) is 6.08. The molecule has 26 heavy (non-hydrogen) atoms. The van der Waals surface area contributed by atoms with Gasteiger partial charge in [-0.05, 0) is 35.0 Å². The highest BCUT2D eigenvalue weighted by Crippen LogP contribution is 2.22. The molecule has 2 heterocycles. The fourth-order valence-corrected chi connectivity index (χ4v) is 4.49. The molecule has 8 heteroatoms. The summed E-state index contributed by atoms with van der Waals surface area (Å²) < 4.78 is 28.5. The molecule has 0 bridgehead atoms. The van der Waals surface area contributed by atoms with Crippen molar-refractivity contribution < 1.29 is 8.42 Å². The van der Waals surface area contributed by atoms with Crippen LogP contribution in [-0.2, 0) is 16.6 Å². The molecule has 0 spiro atoms. The van der Waals surface area contributed by atoms with Crippen LogP contribution in [0.25, 0.3) is 21.9 Å². The number of imidazole rings is 1. The monoisotopic (exact) mass is 368 g/mol. The highest BCUT2D eigenvalue weighted by atomic mass is 32.2. The van der Waals surface area contributed by atoms with Crippen molar-refractivity contribution in [1.82, 2.24) is 13.5 Å². The quantitative estimate of drug-likeness (QED) is 0.589. The molecule has 0 atom stereocenters. The summed E-state index contributed by atoms with van der Waals surface area (Å²) in [5, 5.41) is 1.71. The smallest absolute Gasteiger partial charge is 0.329 e. The zero-order valence-corrected chi connectivity index (χ0v) is 14.6. The lowest BCUT2D eigenvalue weighted by atomic mass is 10.1. The van der Waals surface area contributed by atoms with Crippen molar-refractivity contribution >= 4 is 32.0 Å². The summed E-state index contributed by atoms with van der Waals surface area (Å²) in [7, 11) is -4.08. The Morgan fingerprint density at radius 2 is 1.77 bits per heavy atom. The van der Waals surface area contributed by atoms with Crippen LogP contribution >= 0.6 is 0 Å². The third-order valence-electron chi connectivity index (χ3n) is 4.26. The molecule has 0 saturated heterocycles. The molecular weight excluding hydrogens is 352 g/mol. The molecule has 0 saturated carbocycles. The second-order valence-electron chi connectivity index (χ2n) is 5.85. The summed E-state index contributed by atoms with van der Waals surface area (Å²) >= 11 is 0. The number of hydrogen-bond acceptors (Lipinski definition) is 5. The molecule has 2 aromatic carbocycles. The number of pyridine rings is 1. The predicted molar refractivity (Wildman–Crippen MR) is 99.6 cm³/mol. The van der Waals surface area contributed by atoms with Gasteiger partial charge in [-0.1, -0.05) is 30.3 Å². The van der Waals surface area contributed by atoms with E-state index in [9.17, 15) is 13.2 Å². The van der Waals surface area contributed by atoms with Crippen molar-refractivity contribution in [2.45, 2.75) is 11.4 Å². The first kappa shape index (κ1) is 16.5. The van der Waals surface area contributed by atoms with E-state index in [-0.39, 0.29) is 23.5 Å². The van der Waals surface area contributed by atoms with Crippen molar-refractivity contribution in [3.63, 3.8) is 0 Å². The van der Waals surface area contributed by atoms with Crippen molar-refractivity contribution in [2.75, 3.05) is 6.54 Å². The number of hydrogen-bond donors (Lipinski definition) is 1. The lowest BCUT2D eigenvalue weighted by Crippen LogP contribution is -2.31. The van der Waals surface area contributed by atoms with Crippen LogP contribution < -0.4 is 11.4 Å². The third-order valence-corrected chi connectivity index (χ3v) is 5.94. The van der Waals surface area contributed by atoms with Gasteiger partial charge in [0.05, 0.1) is 4.90 Å². The highest BCUT2D eigenvalue weighted by molar-refractivity contribution is 7.90. The van der Waals surface area contributed by atoms with Crippen LogP contribution in [0.4, 0.5) is 0 Å². The van der Waals surface area contributed by atoms with Crippen LogP contribution in [0.1, 0.15) is 0 Å². The lowest BCUT2D eigenvalue weighted by molar-refractivity contribution is 0.583. The minimum absolute atomic E-state index is 0.0500. The van der Waals surface area contributed by atoms with Gasteiger partial charge in [0.15, 0.2) is 5.65 Å². The Morgan fingerprint density at radius 1 is 1.00 bits per heavy atom. The third kappa shape index (κ3) is 2.42. The summed E-state index contributed by atoms with van der Waals surface area (Å²) in [6, 6.07) is 15.4. The zero-order valence-electron chi connectivity index (χ0n) is 13.7. The molecule has 4 rings (SSSR count). The average molecular weight is 368 g/mol. The van der Waals surface area contributed by atoms with Gasteiger partial charge in [0, 0.05) is 19.3 Å². The molecule has 0 amide bonds. The summed E-state index contributed by atoms with van der Waals surface area (Å²) in [6.45, 7) is 0.387. The fourth-order valence-electron chi connectivity index (χ4n) is 3.05. The van der Waals surface area contributed by atoms with E-state index in [1.54, 1.807) is 24.3 Å². The van der Waals surface area contributed by atoms with Crippen molar-refractivity contribution in [3.05, 3.63) is 71.3 Å². The Hall–Kier alpha value is -2.97. The van der Waals surface area contributed by atoms with Crippen LogP contribution in [-0.4, -0.2) is 28.5 Å². The number of fused-ring (bicyclic) bond motifs is 2. The molecule has 2 aromatic heterocycles. The Morgan fingerprint density at radius 3 is 2.54 bits per heavy atom. The maximum Gasteiger partial charge on any atom is 0.344 e. The molecule has 0 aliphatic rings. The van der Waals surface area contributed by atoms with E-state index in [1.165, 1.54) is 16.8 Å². The minimum atomic E-state index is -4.08. The highest BCUT2D eigenvalue weighted by Gasteiger charge is 2.25. The van der Waals surface area contributed by atoms with Gasteiger partial charge >= 0.3 is 5.69 Å². The number of rotatable bonds is 4. The lowest BCUT2D eigenvalue weighted by Gasteiger charge is -2.07. The maximum absolute atomic E-state index is 13.2. The normalized spacial score (nSPS) is 12.0. The first-order valence-electron chi connectivity index (χ1n) is 8.05. The molecule has 0 aliphatic carbocycles. The van der Waals surface area contributed by atoms with E-state index in [0.717, 1.165) is 14.7 Å². The topological polar surface area (TPSA) is 100.0 Å². The van der Waals surface area contributed by atoms with Gasteiger partial charge in [-0.15, -0.1) is 0 Å². The van der Waals surface area contributed by atoms with Gasteiger partial charge < -0.3 is 5.73 Å². The van der Waals surface area contributed by atoms with Crippen molar-refractivity contribution in [1.29, 1.82) is 0 Å². The summed E-state index contributed by atoms with van der Waals surface area (Å²) in [5.74, 6) is 0. The first-order valence-corrected chi connectivity index (χ1v) is 9.49. The number of nitrogens with zero attached hydrogens (tertiary/aromatic N) is 3. The van der Waals surface area contributed by atoms with Gasteiger partial charge in [-0.3, -0.25) is 4.57 Å². The van der Waals surface area contributed by atoms with Crippen LogP contribution in [0.15, 0.2) is 70.5 Å². The van der Waals surface area contributed by atoms with E-state index >= 15 is 0 Å². The predicted octanol–water partition coefficient (Wildman–Crippen LogP) is 1.55. The number of benzene rings is 2. The second-order valence-corrected chi connectivity index (χ2v) is 7.63. The molecule has 0 aliphatic heterocycles. The van der Waals surface area contributed by atoms with Gasteiger partial charge in [0.25, 0.3) is 10.0 Å². The van der Waals surface area contributed by atoms with Gasteiger partial charge in [-0.25, -0.2) is 18.2 Å². The van der Waals surface area contributed by atoms with Crippen molar-refractivity contribution in [2.24, 2.45) is 5.73 Å². The fraction of sp³-hybridized carbons (Fsp3) is 0.111. The van der Waals surface area contributed by atoms with Crippen LogP contribution in [0.2, 0.25) is 0 Å². The SMILES string of the molecule is NCCn1c(=O)n(S(=O)(=O)c2ccc3ccccc3c2)c2cccnc21. The van der Waals surface area contributed by atoms with Crippen molar-refractivity contribution in [3.8, 4) is 0 Å². The zero-order chi connectivity index (χ0) is 18.3. The number of nitrogens with two attached hydrogens (primary N) is 1. The van der Waals surface area contributed by atoms with Crippen LogP contribution in [0.5, 0.6) is 0 Å². The summed E-state index contributed by atoms with van der Waals surface area (Å²) in [4.78, 5) is 17.0. The molecule has 0 radical (unpaired) electrons. The minimum Gasteiger partial charge on any atom is -0.329 e. The molecule has 132 valence electrons. The largest absolute Gasteiger partial charge is 0.344 e. The summed E-state index contributed by atoms with van der Waals surface area (Å²) in [6.07, 6.45) is 1.52. The Balaban J connectivity index is 2.01. The molecule has 0 unspecified atom stereocenters. The molecule has 7 nitrogen and oxygen atoms in total. The molecule has 0 fully saturated rings. The average Bonchev–Trinajstić information content (AvgIpc) is 2.94. The Bertz CT molecular complexity index is 1290. The van der Waals surface area contributed by atoms with Crippen LogP contribution in [0.3, 0.4) is 0 Å². The van der Waals surface area contributed by atoms with Gasteiger partial charge in [-0.2, -0.15) is 3.97 Å². The van der Waals surface area contributed by atoms with E-state index in [4.69, 9.17) is 5.73 Å². The maximum atomic E-state index is 13.2. The van der Waals surface area contributed by atoms with E-state index < -0.39 is 15.7 Å². The Kier molecular flexibility index (Phi) is 3.86. The van der Waals surface area contributed by atoms with E-state index in [0.29, 0.717) is 5.65 Å². The van der Waals surface area contributed by atoms with Gasteiger partial charge in [0.2, 0.25) is 0 Å². The summed E-state index contributed by atoms with van der Waals surface area (Å²) in [5.41, 5.74) is 5.43. The van der Waals surface area contributed by atoms with E-state index in [1.807, 2.05) is 24.3 Å². The molecular formula is C18H16N4O3S. The van der Waals surface area contributed by atoms with Crippen LogP contribution in [0, 0.1) is 0 Å². The molecule has 4 aromatic rings. The molecule has 2 N–H and O–H groups in total. The first-order chi connectivity index (χ1) is 12.5. The Labute approximate surface area is 149 Å². The standard InChI is InChI=1S/C18H16N4O3S/c19-9-11-21-17-16(6-3-10-20-17)22(18(21)23)26(24,25)15-8-7-13-4-1-2-5-14(13)12-15/h1-8,10,12H,9,11,19H2.